The second kappa shape index (κ2) is 9.73. The molecular weight excluding hydrogens is 385 g/mol. The van der Waals surface area contributed by atoms with Gasteiger partial charge in [0.25, 0.3) is 0 Å². The number of likely N-dealkylation sites (N-methyl/N-ethyl adjacent to an activating group) is 1. The summed E-state index contributed by atoms with van der Waals surface area (Å²) in [7, 11) is 0.132. The molecule has 0 saturated heterocycles. The second-order valence-electron chi connectivity index (χ2n) is 5.76. The fraction of sp³-hybridized carbons (Fsp3) is 0.562. The third kappa shape index (κ3) is 6.42. The zero-order chi connectivity index (χ0) is 19.2. The van der Waals surface area contributed by atoms with Gasteiger partial charge in [-0.15, -0.1) is 0 Å². The lowest BCUT2D eigenvalue weighted by Gasteiger charge is -2.24. The Labute approximate surface area is 160 Å². The summed E-state index contributed by atoms with van der Waals surface area (Å²) in [5.74, 6) is -0.449. The van der Waals surface area contributed by atoms with E-state index in [0.29, 0.717) is 28.7 Å². The van der Waals surface area contributed by atoms with Crippen LogP contribution in [0.3, 0.4) is 0 Å². The van der Waals surface area contributed by atoms with Gasteiger partial charge in [-0.05, 0) is 37.9 Å². The molecule has 0 radical (unpaired) electrons. The zero-order valence-corrected chi connectivity index (χ0v) is 17.2. The van der Waals surface area contributed by atoms with Crippen molar-refractivity contribution in [3.63, 3.8) is 0 Å². The summed E-state index contributed by atoms with van der Waals surface area (Å²) in [6, 6.07) is 4.31. The molecule has 0 aromatic heterocycles. The van der Waals surface area contributed by atoms with Gasteiger partial charge in [0.1, 0.15) is 6.04 Å². The van der Waals surface area contributed by atoms with Crippen molar-refractivity contribution in [1.82, 2.24) is 14.5 Å². The standard InChI is InChI=1S/C16H25Cl2N3O3S/c1-5-21(6-2)25(23,24)8-7-19-16(22)15(20(3)4)12-9-13(17)11-14(18)10-12/h9-11,15H,5-8H2,1-4H3,(H,19,22). The molecule has 0 heterocycles. The van der Waals surface area contributed by atoms with Crippen LogP contribution in [0.15, 0.2) is 18.2 Å². The summed E-state index contributed by atoms with van der Waals surface area (Å²) in [5.41, 5.74) is 0.645. The molecule has 0 aliphatic rings. The van der Waals surface area contributed by atoms with Crippen molar-refractivity contribution in [2.24, 2.45) is 0 Å². The third-order valence-electron chi connectivity index (χ3n) is 3.72. The predicted octanol–water partition coefficient (Wildman–Crippen LogP) is 2.38. The summed E-state index contributed by atoms with van der Waals surface area (Å²) in [6.07, 6.45) is 0. The van der Waals surface area contributed by atoms with Gasteiger partial charge in [0.15, 0.2) is 0 Å². The number of nitrogens with one attached hydrogen (secondary N) is 1. The molecule has 25 heavy (non-hydrogen) atoms. The highest BCUT2D eigenvalue weighted by Crippen LogP contribution is 2.26. The van der Waals surface area contributed by atoms with Gasteiger partial charge in [-0.1, -0.05) is 37.0 Å². The SMILES string of the molecule is CCN(CC)S(=O)(=O)CCNC(=O)C(c1cc(Cl)cc(Cl)c1)N(C)C. The van der Waals surface area contributed by atoms with E-state index in [4.69, 9.17) is 23.2 Å². The maximum Gasteiger partial charge on any atom is 0.241 e. The first-order chi connectivity index (χ1) is 11.6. The van der Waals surface area contributed by atoms with Gasteiger partial charge < -0.3 is 5.32 Å². The summed E-state index contributed by atoms with van der Waals surface area (Å²) in [5, 5.41) is 3.56. The lowest BCUT2D eigenvalue weighted by molar-refractivity contribution is -0.125. The lowest BCUT2D eigenvalue weighted by atomic mass is 10.1. The Morgan fingerprint density at radius 1 is 1.12 bits per heavy atom. The highest BCUT2D eigenvalue weighted by Gasteiger charge is 2.25. The van der Waals surface area contributed by atoms with Gasteiger partial charge in [-0.25, -0.2) is 12.7 Å². The predicted molar refractivity (Wildman–Crippen MR) is 103 cm³/mol. The quantitative estimate of drug-likeness (QED) is 0.679. The molecule has 1 aromatic carbocycles. The molecule has 1 aromatic rings. The molecule has 0 aliphatic heterocycles. The van der Waals surface area contributed by atoms with Gasteiger partial charge in [-0.3, -0.25) is 9.69 Å². The second-order valence-corrected chi connectivity index (χ2v) is 8.72. The largest absolute Gasteiger partial charge is 0.353 e. The van der Waals surface area contributed by atoms with Crippen LogP contribution >= 0.6 is 23.2 Å². The maximum atomic E-state index is 12.6. The van der Waals surface area contributed by atoms with Crippen LogP contribution in [0, 0.1) is 0 Å². The van der Waals surface area contributed by atoms with E-state index >= 15 is 0 Å². The maximum absolute atomic E-state index is 12.6. The van der Waals surface area contributed by atoms with Crippen LogP contribution in [0.2, 0.25) is 10.0 Å². The van der Waals surface area contributed by atoms with E-state index in [9.17, 15) is 13.2 Å². The third-order valence-corrected chi connectivity index (χ3v) is 6.18. The Bertz CT molecular complexity index is 672. The Kier molecular flexibility index (Phi) is 8.63. The van der Waals surface area contributed by atoms with Crippen molar-refractivity contribution < 1.29 is 13.2 Å². The van der Waals surface area contributed by atoms with Crippen molar-refractivity contribution in [3.05, 3.63) is 33.8 Å². The molecule has 1 rings (SSSR count). The number of hydrogen-bond acceptors (Lipinski definition) is 4. The number of rotatable bonds is 9. The molecule has 0 aliphatic carbocycles. The highest BCUT2D eigenvalue weighted by atomic mass is 35.5. The minimum absolute atomic E-state index is 0.0380. The lowest BCUT2D eigenvalue weighted by Crippen LogP contribution is -2.41. The number of sulfonamides is 1. The number of amides is 1. The Balaban J connectivity index is 2.82. The summed E-state index contributed by atoms with van der Waals surface area (Å²) in [4.78, 5) is 14.3. The normalized spacial score (nSPS) is 13.3. The van der Waals surface area contributed by atoms with Crippen LogP contribution < -0.4 is 5.32 Å². The number of benzene rings is 1. The average Bonchev–Trinajstić information content (AvgIpc) is 2.46. The molecular formula is C16H25Cl2N3O3S. The van der Waals surface area contributed by atoms with Gasteiger partial charge in [0.05, 0.1) is 5.75 Å². The van der Waals surface area contributed by atoms with Crippen molar-refractivity contribution in [2.45, 2.75) is 19.9 Å². The number of hydrogen-bond donors (Lipinski definition) is 1. The van der Waals surface area contributed by atoms with Crippen LogP contribution in [-0.2, 0) is 14.8 Å². The zero-order valence-electron chi connectivity index (χ0n) is 14.9. The Hall–Kier alpha value is -0.860. The van der Waals surface area contributed by atoms with E-state index in [1.165, 1.54) is 4.31 Å². The molecule has 0 fully saturated rings. The van der Waals surface area contributed by atoms with E-state index in [0.717, 1.165) is 0 Å². The highest BCUT2D eigenvalue weighted by molar-refractivity contribution is 7.89. The molecule has 142 valence electrons. The molecule has 0 spiro atoms. The van der Waals surface area contributed by atoms with Crippen LogP contribution in [0.25, 0.3) is 0 Å². The smallest absolute Gasteiger partial charge is 0.241 e. The van der Waals surface area contributed by atoms with Gasteiger partial charge in [0, 0.05) is 29.7 Å². The van der Waals surface area contributed by atoms with Crippen LogP contribution in [0.5, 0.6) is 0 Å². The average molecular weight is 410 g/mol. The number of halogens is 2. The monoisotopic (exact) mass is 409 g/mol. The fourth-order valence-electron chi connectivity index (χ4n) is 2.56. The molecule has 0 saturated carbocycles. The van der Waals surface area contributed by atoms with Crippen LogP contribution in [-0.4, -0.2) is 63.0 Å². The summed E-state index contributed by atoms with van der Waals surface area (Å²) in [6.45, 7) is 4.42. The number of nitrogens with zero attached hydrogens (tertiary/aromatic N) is 2. The van der Waals surface area contributed by atoms with E-state index < -0.39 is 16.1 Å². The molecule has 1 atom stereocenters. The van der Waals surface area contributed by atoms with E-state index in [1.807, 2.05) is 0 Å². The Morgan fingerprint density at radius 3 is 2.08 bits per heavy atom. The van der Waals surface area contributed by atoms with E-state index in [-0.39, 0.29) is 18.2 Å². The summed E-state index contributed by atoms with van der Waals surface area (Å²) >= 11 is 12.0. The van der Waals surface area contributed by atoms with Crippen molar-refractivity contribution in [2.75, 3.05) is 39.5 Å². The minimum atomic E-state index is -3.38. The van der Waals surface area contributed by atoms with Crippen molar-refractivity contribution in [1.29, 1.82) is 0 Å². The minimum Gasteiger partial charge on any atom is -0.353 e. The molecule has 1 N–H and O–H groups in total. The van der Waals surface area contributed by atoms with E-state index in [2.05, 4.69) is 5.32 Å². The fourth-order valence-corrected chi connectivity index (χ4v) is 4.51. The van der Waals surface area contributed by atoms with Gasteiger partial charge in [0.2, 0.25) is 15.9 Å². The molecule has 6 nitrogen and oxygen atoms in total. The topological polar surface area (TPSA) is 69.7 Å². The number of carbonyl (C=O) groups excluding carboxylic acids is 1. The van der Waals surface area contributed by atoms with Gasteiger partial charge >= 0.3 is 0 Å². The van der Waals surface area contributed by atoms with E-state index in [1.54, 1.807) is 51.0 Å². The first kappa shape index (κ1) is 22.2. The van der Waals surface area contributed by atoms with Crippen LogP contribution in [0.1, 0.15) is 25.5 Å². The number of carbonyl (C=O) groups is 1. The van der Waals surface area contributed by atoms with Crippen LogP contribution in [0.4, 0.5) is 0 Å². The van der Waals surface area contributed by atoms with Crippen molar-refractivity contribution >= 4 is 39.1 Å². The molecule has 1 amide bonds. The van der Waals surface area contributed by atoms with Gasteiger partial charge in [-0.2, -0.15) is 0 Å². The molecule has 0 bridgehead atoms. The first-order valence-corrected chi connectivity index (χ1v) is 10.4. The summed E-state index contributed by atoms with van der Waals surface area (Å²) < 4.78 is 25.7. The Morgan fingerprint density at radius 2 is 1.64 bits per heavy atom. The van der Waals surface area contributed by atoms with Crippen molar-refractivity contribution in [3.8, 4) is 0 Å². The first-order valence-electron chi connectivity index (χ1n) is 8.00. The molecule has 9 heteroatoms. The molecule has 1 unspecified atom stereocenters.